The fourth-order valence-corrected chi connectivity index (χ4v) is 3.47. The third kappa shape index (κ3) is 3.46. The van der Waals surface area contributed by atoms with E-state index in [1.54, 1.807) is 0 Å². The minimum Gasteiger partial charge on any atom is -0.387 e. The maximum atomic E-state index is 10.3. The first-order chi connectivity index (χ1) is 10.2. The molecule has 1 aliphatic carbocycles. The molecule has 2 aliphatic rings. The Labute approximate surface area is 126 Å². The molecular weight excluding hydrogens is 266 g/mol. The van der Waals surface area contributed by atoms with E-state index in [4.69, 9.17) is 9.47 Å². The zero-order valence-corrected chi connectivity index (χ0v) is 12.7. The predicted molar refractivity (Wildman–Crippen MR) is 80.9 cm³/mol. The lowest BCUT2D eigenvalue weighted by atomic mass is 9.89. The van der Waals surface area contributed by atoms with Gasteiger partial charge >= 0.3 is 0 Å². The quantitative estimate of drug-likeness (QED) is 0.924. The Hall–Kier alpha value is -0.940. The molecule has 1 saturated heterocycles. The summed E-state index contributed by atoms with van der Waals surface area (Å²) in [6.45, 7) is 2.13. The third-order valence-electron chi connectivity index (χ3n) is 4.80. The number of rotatable bonds is 4. The van der Waals surface area contributed by atoms with E-state index < -0.39 is 6.10 Å². The molecule has 0 amide bonds. The van der Waals surface area contributed by atoms with Crippen LogP contribution in [0.3, 0.4) is 0 Å². The van der Waals surface area contributed by atoms with Crippen LogP contribution < -0.4 is 0 Å². The van der Waals surface area contributed by atoms with Gasteiger partial charge in [-0.2, -0.15) is 0 Å². The van der Waals surface area contributed by atoms with Crippen molar-refractivity contribution in [3.63, 3.8) is 0 Å². The number of ether oxygens (including phenoxy) is 2. The molecule has 1 aromatic rings. The highest BCUT2D eigenvalue weighted by molar-refractivity contribution is 5.17. The van der Waals surface area contributed by atoms with Gasteiger partial charge in [0.2, 0.25) is 0 Å². The predicted octanol–water partition coefficient (Wildman–Crippen LogP) is 2.34. The zero-order chi connectivity index (χ0) is 14.7. The summed E-state index contributed by atoms with van der Waals surface area (Å²) in [5.74, 6) is -0.296. The molecule has 4 nitrogen and oxygen atoms in total. The molecule has 1 atom stereocenters. The Morgan fingerprint density at radius 2 is 1.81 bits per heavy atom. The van der Waals surface area contributed by atoms with Gasteiger partial charge < -0.3 is 19.5 Å². The van der Waals surface area contributed by atoms with E-state index in [9.17, 15) is 5.11 Å². The molecule has 0 bridgehead atoms. The van der Waals surface area contributed by atoms with E-state index in [1.807, 2.05) is 30.3 Å². The van der Waals surface area contributed by atoms with Crippen molar-refractivity contribution in [3.8, 4) is 0 Å². The van der Waals surface area contributed by atoms with Crippen LogP contribution in [-0.2, 0) is 9.47 Å². The average Bonchev–Trinajstić information content (AvgIpc) is 2.97. The topological polar surface area (TPSA) is 41.9 Å². The van der Waals surface area contributed by atoms with Crippen molar-refractivity contribution in [2.45, 2.75) is 43.6 Å². The minimum atomic E-state index is -0.425. The van der Waals surface area contributed by atoms with Gasteiger partial charge in [-0.15, -0.1) is 0 Å². The lowest BCUT2D eigenvalue weighted by Gasteiger charge is -2.39. The fraction of sp³-hybridized carbons (Fsp3) is 0.647. The second-order valence-electron chi connectivity index (χ2n) is 6.20. The molecule has 0 radical (unpaired) electrons. The second kappa shape index (κ2) is 6.44. The first-order valence-corrected chi connectivity index (χ1v) is 7.90. The number of hydrogen-bond donors (Lipinski definition) is 1. The highest BCUT2D eigenvalue weighted by Crippen LogP contribution is 2.37. The second-order valence-corrected chi connectivity index (χ2v) is 6.20. The highest BCUT2D eigenvalue weighted by Gasteiger charge is 2.41. The Bertz CT molecular complexity index is 435. The third-order valence-corrected chi connectivity index (χ3v) is 4.80. The molecule has 21 heavy (non-hydrogen) atoms. The zero-order valence-electron chi connectivity index (χ0n) is 12.7. The summed E-state index contributed by atoms with van der Waals surface area (Å²) in [6.07, 6.45) is 3.63. The summed E-state index contributed by atoms with van der Waals surface area (Å²) in [4.78, 5) is 2.28. The summed E-state index contributed by atoms with van der Waals surface area (Å²) in [5, 5.41) is 10.3. The van der Waals surface area contributed by atoms with Gasteiger partial charge in [0, 0.05) is 25.4 Å². The summed E-state index contributed by atoms with van der Waals surface area (Å²) in [7, 11) is 2.10. The van der Waals surface area contributed by atoms with Crippen molar-refractivity contribution in [3.05, 3.63) is 35.9 Å². The summed E-state index contributed by atoms with van der Waals surface area (Å²) in [6, 6.07) is 10.4. The molecule has 1 aliphatic heterocycles. The van der Waals surface area contributed by atoms with Crippen molar-refractivity contribution in [2.75, 3.05) is 26.8 Å². The van der Waals surface area contributed by atoms with E-state index in [-0.39, 0.29) is 5.79 Å². The number of aliphatic hydroxyl groups excluding tert-OH is 1. The largest absolute Gasteiger partial charge is 0.387 e. The standard InChI is InChI=1S/C17H25NO3/c1-18(13-16(19)14-5-3-2-4-6-14)15-7-9-17(10-8-15)20-11-12-21-17/h2-6,15-16,19H,7-13H2,1H3. The lowest BCUT2D eigenvalue weighted by Crippen LogP contribution is -2.43. The van der Waals surface area contributed by atoms with Crippen LogP contribution in [0.15, 0.2) is 30.3 Å². The van der Waals surface area contributed by atoms with Gasteiger partial charge in [0.1, 0.15) is 0 Å². The van der Waals surface area contributed by atoms with Gasteiger partial charge in [0.25, 0.3) is 0 Å². The molecule has 1 aromatic carbocycles. The van der Waals surface area contributed by atoms with Crippen LogP contribution in [0.1, 0.15) is 37.4 Å². The van der Waals surface area contributed by atoms with Crippen molar-refractivity contribution < 1.29 is 14.6 Å². The van der Waals surface area contributed by atoms with Crippen molar-refractivity contribution in [1.29, 1.82) is 0 Å². The monoisotopic (exact) mass is 291 g/mol. The summed E-state index contributed by atoms with van der Waals surface area (Å²) >= 11 is 0. The van der Waals surface area contributed by atoms with E-state index in [1.165, 1.54) is 0 Å². The van der Waals surface area contributed by atoms with Gasteiger partial charge in [0.05, 0.1) is 19.3 Å². The smallest absolute Gasteiger partial charge is 0.168 e. The number of aliphatic hydroxyl groups is 1. The van der Waals surface area contributed by atoms with Crippen LogP contribution in [-0.4, -0.2) is 48.6 Å². The van der Waals surface area contributed by atoms with Crippen molar-refractivity contribution in [2.24, 2.45) is 0 Å². The molecule has 1 heterocycles. The van der Waals surface area contributed by atoms with Crippen molar-refractivity contribution >= 4 is 0 Å². The molecule has 3 rings (SSSR count). The maximum absolute atomic E-state index is 10.3. The Kier molecular flexibility index (Phi) is 4.60. The van der Waals surface area contributed by atoms with Gasteiger partial charge in [-0.1, -0.05) is 30.3 Å². The average molecular weight is 291 g/mol. The minimum absolute atomic E-state index is 0.296. The molecule has 1 unspecified atom stereocenters. The molecule has 0 aromatic heterocycles. The first-order valence-electron chi connectivity index (χ1n) is 7.90. The van der Waals surface area contributed by atoms with Gasteiger partial charge in [-0.25, -0.2) is 0 Å². The molecule has 2 fully saturated rings. The Balaban J connectivity index is 1.51. The van der Waals surface area contributed by atoms with E-state index in [0.717, 1.165) is 44.5 Å². The molecule has 1 saturated carbocycles. The van der Waals surface area contributed by atoms with Crippen molar-refractivity contribution in [1.82, 2.24) is 4.90 Å². The Morgan fingerprint density at radius 1 is 1.19 bits per heavy atom. The lowest BCUT2D eigenvalue weighted by molar-refractivity contribution is -0.183. The molecule has 1 spiro atoms. The molecular formula is C17H25NO3. The van der Waals surface area contributed by atoms with Crippen LogP contribution in [0.25, 0.3) is 0 Å². The normalized spacial score (nSPS) is 23.8. The first kappa shape index (κ1) is 15.0. The summed E-state index contributed by atoms with van der Waals surface area (Å²) < 4.78 is 11.5. The van der Waals surface area contributed by atoms with E-state index in [2.05, 4.69) is 11.9 Å². The SMILES string of the molecule is CN(CC(O)c1ccccc1)C1CCC2(CC1)OCCO2. The molecule has 1 N–H and O–H groups in total. The number of nitrogens with zero attached hydrogens (tertiary/aromatic N) is 1. The fourth-order valence-electron chi connectivity index (χ4n) is 3.47. The van der Waals surface area contributed by atoms with Crippen LogP contribution >= 0.6 is 0 Å². The number of hydrogen-bond acceptors (Lipinski definition) is 4. The molecule has 4 heteroatoms. The van der Waals surface area contributed by atoms with Gasteiger partial charge in [0.15, 0.2) is 5.79 Å². The van der Waals surface area contributed by atoms with Crippen LogP contribution in [0.2, 0.25) is 0 Å². The van der Waals surface area contributed by atoms with Gasteiger partial charge in [-0.05, 0) is 25.5 Å². The molecule has 116 valence electrons. The van der Waals surface area contributed by atoms with E-state index >= 15 is 0 Å². The van der Waals surface area contributed by atoms with Gasteiger partial charge in [-0.3, -0.25) is 0 Å². The van der Waals surface area contributed by atoms with Crippen LogP contribution in [0.5, 0.6) is 0 Å². The highest BCUT2D eigenvalue weighted by atomic mass is 16.7. The van der Waals surface area contributed by atoms with Crippen LogP contribution in [0, 0.1) is 0 Å². The summed E-state index contributed by atoms with van der Waals surface area (Å²) in [5.41, 5.74) is 0.985. The number of benzene rings is 1. The van der Waals surface area contributed by atoms with Crippen LogP contribution in [0.4, 0.5) is 0 Å². The van der Waals surface area contributed by atoms with E-state index in [0.29, 0.717) is 12.6 Å². The number of likely N-dealkylation sites (N-methyl/N-ethyl adjacent to an activating group) is 1. The Morgan fingerprint density at radius 3 is 2.43 bits per heavy atom. The maximum Gasteiger partial charge on any atom is 0.168 e.